The van der Waals surface area contributed by atoms with Gasteiger partial charge in [-0.25, -0.2) is 4.79 Å². The van der Waals surface area contributed by atoms with Crippen molar-refractivity contribution in [1.82, 2.24) is 4.90 Å². The molecule has 182 valence electrons. The van der Waals surface area contributed by atoms with E-state index in [1.807, 2.05) is 31.2 Å². The van der Waals surface area contributed by atoms with E-state index >= 15 is 0 Å². The minimum absolute atomic E-state index is 0.109. The topological polar surface area (TPSA) is 72.9 Å². The third-order valence-corrected chi connectivity index (χ3v) is 6.58. The summed E-state index contributed by atoms with van der Waals surface area (Å²) in [7, 11) is 0. The van der Waals surface area contributed by atoms with Crippen LogP contribution in [0.1, 0.15) is 47.3 Å². The first-order valence-corrected chi connectivity index (χ1v) is 12.3. The van der Waals surface area contributed by atoms with E-state index in [1.165, 1.54) is 11.1 Å². The molecule has 0 unspecified atom stereocenters. The van der Waals surface area contributed by atoms with E-state index in [-0.39, 0.29) is 17.5 Å². The Balaban J connectivity index is 1.52. The fourth-order valence-corrected chi connectivity index (χ4v) is 4.71. The van der Waals surface area contributed by atoms with Crippen LogP contribution in [-0.4, -0.2) is 48.1 Å². The highest BCUT2D eigenvalue weighted by Crippen LogP contribution is 2.32. The predicted octanol–water partition coefficient (Wildman–Crippen LogP) is 5.69. The number of anilines is 2. The molecule has 0 radical (unpaired) electrons. The molecule has 1 aliphatic heterocycles. The summed E-state index contributed by atoms with van der Waals surface area (Å²) in [5.74, 6) is -1.23. The predicted molar refractivity (Wildman–Crippen MR) is 140 cm³/mol. The van der Waals surface area contributed by atoms with Crippen LogP contribution in [-0.2, 0) is 4.79 Å². The first-order valence-electron chi connectivity index (χ1n) is 11.9. The molecule has 1 amide bonds. The Hall–Kier alpha value is -3.35. The van der Waals surface area contributed by atoms with Crippen LogP contribution >= 0.6 is 11.6 Å². The molecule has 0 aliphatic carbocycles. The van der Waals surface area contributed by atoms with Gasteiger partial charge in [-0.2, -0.15) is 0 Å². The second kappa shape index (κ2) is 11.4. The number of halogens is 1. The lowest BCUT2D eigenvalue weighted by Gasteiger charge is -2.40. The van der Waals surface area contributed by atoms with Gasteiger partial charge in [-0.05, 0) is 47.9 Å². The minimum atomic E-state index is -1.05. The van der Waals surface area contributed by atoms with Gasteiger partial charge < -0.3 is 15.3 Å². The molecule has 1 saturated heterocycles. The lowest BCUT2D eigenvalue weighted by atomic mass is 9.96. The van der Waals surface area contributed by atoms with Gasteiger partial charge in [0, 0.05) is 43.3 Å². The number of piperazine rings is 1. The molecule has 6 nitrogen and oxygen atoms in total. The van der Waals surface area contributed by atoms with Crippen molar-refractivity contribution < 1.29 is 14.7 Å². The molecule has 0 spiro atoms. The summed E-state index contributed by atoms with van der Waals surface area (Å²) >= 11 is 6.14. The zero-order valence-corrected chi connectivity index (χ0v) is 20.5. The average Bonchev–Trinajstić information content (AvgIpc) is 2.87. The van der Waals surface area contributed by atoms with Crippen LogP contribution in [0, 0.1) is 0 Å². The van der Waals surface area contributed by atoms with E-state index in [1.54, 1.807) is 12.1 Å². The van der Waals surface area contributed by atoms with Gasteiger partial charge in [-0.15, -0.1) is 0 Å². The molecule has 0 bridgehead atoms. The molecular formula is C28H30ClN3O3. The number of hydrogen-bond donors (Lipinski definition) is 2. The number of carboxylic acids is 1. The van der Waals surface area contributed by atoms with Crippen LogP contribution in [0.5, 0.6) is 0 Å². The lowest BCUT2D eigenvalue weighted by Crippen LogP contribution is -2.48. The fraction of sp³-hybridized carbons (Fsp3) is 0.286. The van der Waals surface area contributed by atoms with Crippen LogP contribution in [0.2, 0.25) is 5.02 Å². The van der Waals surface area contributed by atoms with E-state index in [4.69, 9.17) is 11.6 Å². The Morgan fingerprint density at radius 1 is 0.943 bits per heavy atom. The maximum Gasteiger partial charge on any atom is 0.337 e. The monoisotopic (exact) mass is 491 g/mol. The van der Waals surface area contributed by atoms with E-state index in [0.717, 1.165) is 31.9 Å². The quantitative estimate of drug-likeness (QED) is 0.423. The highest BCUT2D eigenvalue weighted by Gasteiger charge is 2.27. The number of nitrogens with one attached hydrogen (secondary N) is 1. The van der Waals surface area contributed by atoms with Crippen LogP contribution in [0.25, 0.3) is 0 Å². The molecule has 7 heteroatoms. The summed E-state index contributed by atoms with van der Waals surface area (Å²) in [6.07, 6.45) is 1.07. The Morgan fingerprint density at radius 3 is 2.23 bits per heavy atom. The lowest BCUT2D eigenvalue weighted by molar-refractivity contribution is -0.116. The zero-order valence-electron chi connectivity index (χ0n) is 19.8. The van der Waals surface area contributed by atoms with Gasteiger partial charge in [0.1, 0.15) is 0 Å². The number of nitrogens with zero attached hydrogens (tertiary/aromatic N) is 2. The summed E-state index contributed by atoms with van der Waals surface area (Å²) in [5, 5.41) is 13.2. The smallest absolute Gasteiger partial charge is 0.337 e. The van der Waals surface area contributed by atoms with Gasteiger partial charge in [-0.1, -0.05) is 61.0 Å². The normalized spacial score (nSPS) is 15.0. The molecular weight excluding hydrogens is 462 g/mol. The van der Waals surface area contributed by atoms with Crippen molar-refractivity contribution in [2.24, 2.45) is 0 Å². The van der Waals surface area contributed by atoms with Gasteiger partial charge in [0.05, 0.1) is 17.3 Å². The first kappa shape index (κ1) is 24.8. The Bertz CT molecular complexity index is 1160. The first-order chi connectivity index (χ1) is 17.0. The molecule has 35 heavy (non-hydrogen) atoms. The van der Waals surface area contributed by atoms with Gasteiger partial charge in [0.15, 0.2) is 0 Å². The number of carbonyl (C=O) groups is 2. The Kier molecular flexibility index (Phi) is 8.06. The van der Waals surface area contributed by atoms with Crippen molar-refractivity contribution in [3.05, 3.63) is 94.5 Å². The number of amides is 1. The number of aromatic carboxylic acids is 1. The molecule has 4 rings (SSSR count). The number of hydrogen-bond acceptors (Lipinski definition) is 4. The molecule has 1 aliphatic rings. The van der Waals surface area contributed by atoms with E-state index in [0.29, 0.717) is 23.6 Å². The number of carboxylic acid groups (broad SMARTS) is 1. The fourth-order valence-electron chi connectivity index (χ4n) is 4.59. The van der Waals surface area contributed by atoms with E-state index in [2.05, 4.69) is 51.5 Å². The second-order valence-corrected chi connectivity index (χ2v) is 9.16. The van der Waals surface area contributed by atoms with E-state index in [9.17, 15) is 14.7 Å². The molecule has 1 fully saturated rings. The van der Waals surface area contributed by atoms with Gasteiger partial charge in [0.25, 0.3) is 0 Å². The standard InChI is InChI=1S/C28H30ClN3O3/c1-2-6-26(33)30-25-14-13-23(19-24(25)28(34)35)31-15-17-32(18-16-31)27(20-7-4-3-5-8-20)21-9-11-22(29)12-10-21/h3-5,7-14,19,27H,2,6,15-18H2,1H3,(H,30,33)(H,34,35)/t27-/m0/s1. The maximum absolute atomic E-state index is 12.0. The van der Waals surface area contributed by atoms with Crippen molar-refractivity contribution in [1.29, 1.82) is 0 Å². The van der Waals surface area contributed by atoms with Crippen molar-refractivity contribution >= 4 is 34.9 Å². The average molecular weight is 492 g/mol. The number of carbonyl (C=O) groups excluding carboxylic acids is 1. The summed E-state index contributed by atoms with van der Waals surface area (Å²) in [6, 6.07) is 23.8. The minimum Gasteiger partial charge on any atom is -0.478 e. The highest BCUT2D eigenvalue weighted by molar-refractivity contribution is 6.30. The van der Waals surface area contributed by atoms with Crippen LogP contribution in [0.4, 0.5) is 11.4 Å². The van der Waals surface area contributed by atoms with Crippen LogP contribution < -0.4 is 10.2 Å². The van der Waals surface area contributed by atoms with Crippen molar-refractivity contribution in [3.8, 4) is 0 Å². The molecule has 0 saturated carbocycles. The van der Waals surface area contributed by atoms with Crippen molar-refractivity contribution in [2.45, 2.75) is 25.8 Å². The van der Waals surface area contributed by atoms with Gasteiger partial charge in [0.2, 0.25) is 5.91 Å². The van der Waals surface area contributed by atoms with Crippen molar-refractivity contribution in [2.75, 3.05) is 36.4 Å². The molecule has 2 N–H and O–H groups in total. The molecule has 0 aromatic heterocycles. The summed E-state index contributed by atoms with van der Waals surface area (Å²) in [4.78, 5) is 28.5. The summed E-state index contributed by atoms with van der Waals surface area (Å²) in [6.45, 7) is 5.07. The largest absolute Gasteiger partial charge is 0.478 e. The number of rotatable bonds is 8. The zero-order chi connectivity index (χ0) is 24.8. The summed E-state index contributed by atoms with van der Waals surface area (Å²) in [5.41, 5.74) is 3.71. The maximum atomic E-state index is 12.0. The van der Waals surface area contributed by atoms with Crippen LogP contribution in [0.15, 0.2) is 72.8 Å². The molecule has 3 aromatic rings. The molecule has 1 heterocycles. The third kappa shape index (κ3) is 6.02. The van der Waals surface area contributed by atoms with Crippen LogP contribution in [0.3, 0.4) is 0 Å². The van der Waals surface area contributed by atoms with Crippen molar-refractivity contribution in [3.63, 3.8) is 0 Å². The second-order valence-electron chi connectivity index (χ2n) is 8.72. The highest BCUT2D eigenvalue weighted by atomic mass is 35.5. The Morgan fingerprint density at radius 2 is 1.60 bits per heavy atom. The Labute approximate surface area is 211 Å². The third-order valence-electron chi connectivity index (χ3n) is 6.33. The molecule has 3 aromatic carbocycles. The summed E-state index contributed by atoms with van der Waals surface area (Å²) < 4.78 is 0. The van der Waals surface area contributed by atoms with Gasteiger partial charge in [-0.3, -0.25) is 9.69 Å². The van der Waals surface area contributed by atoms with Gasteiger partial charge >= 0.3 is 5.97 Å². The molecule has 1 atom stereocenters. The van der Waals surface area contributed by atoms with E-state index < -0.39 is 5.97 Å². The number of benzene rings is 3. The SMILES string of the molecule is CCCC(=O)Nc1ccc(N2CCN([C@@H](c3ccccc3)c3ccc(Cl)cc3)CC2)cc1C(=O)O.